The van der Waals surface area contributed by atoms with Crippen molar-refractivity contribution in [3.05, 3.63) is 48.0 Å². The van der Waals surface area contributed by atoms with E-state index in [1.807, 2.05) is 0 Å². The van der Waals surface area contributed by atoms with Crippen molar-refractivity contribution in [2.24, 2.45) is 0 Å². The zero-order valence-electron chi connectivity index (χ0n) is 12.2. The summed E-state index contributed by atoms with van der Waals surface area (Å²) in [6.07, 6.45) is -0.172. The molecule has 0 aliphatic carbocycles. The number of rotatable bonds is 4. The summed E-state index contributed by atoms with van der Waals surface area (Å²) in [4.78, 5) is 1.57. The van der Waals surface area contributed by atoms with Crippen molar-refractivity contribution in [1.82, 2.24) is 0 Å². The fourth-order valence-electron chi connectivity index (χ4n) is 2.05. The molecule has 2 aromatic carbocycles. The van der Waals surface area contributed by atoms with Gasteiger partial charge in [-0.05, 0) is 26.0 Å². The largest absolute Gasteiger partial charge is 0.488 e. The average Bonchev–Trinajstić information content (AvgIpc) is 2.41. The maximum atomic E-state index is 13.9. The van der Waals surface area contributed by atoms with Gasteiger partial charge in [0.25, 0.3) is 0 Å². The Morgan fingerprint density at radius 3 is 2.33 bits per heavy atom. The van der Waals surface area contributed by atoms with Gasteiger partial charge in [-0.25, -0.2) is 8.78 Å². The van der Waals surface area contributed by atoms with Crippen molar-refractivity contribution in [2.45, 2.75) is 20.0 Å². The minimum Gasteiger partial charge on any atom is -0.488 e. The van der Waals surface area contributed by atoms with Crippen molar-refractivity contribution in [3.8, 4) is 5.75 Å². The molecule has 0 unspecified atom stereocenters. The highest BCUT2D eigenvalue weighted by molar-refractivity contribution is 5.76. The normalized spacial score (nSPS) is 10.8. The highest BCUT2D eigenvalue weighted by Crippen LogP contribution is 2.35. The van der Waals surface area contributed by atoms with Gasteiger partial charge in [0.1, 0.15) is 5.82 Å². The second-order valence-electron chi connectivity index (χ2n) is 5.02. The van der Waals surface area contributed by atoms with Gasteiger partial charge in [0.15, 0.2) is 11.6 Å². The van der Waals surface area contributed by atoms with Gasteiger partial charge in [0.05, 0.1) is 23.2 Å². The topological polar surface area (TPSA) is 38.5 Å². The van der Waals surface area contributed by atoms with Crippen LogP contribution in [0, 0.1) is 11.6 Å². The van der Waals surface area contributed by atoms with Crippen LogP contribution in [0.15, 0.2) is 36.4 Å². The summed E-state index contributed by atoms with van der Waals surface area (Å²) < 4.78 is 33.1. The molecule has 0 amide bonds. The number of ether oxygens (including phenoxy) is 1. The second kappa shape index (κ2) is 5.99. The lowest BCUT2D eigenvalue weighted by Gasteiger charge is -2.23. The molecule has 0 heterocycles. The van der Waals surface area contributed by atoms with Crippen molar-refractivity contribution < 1.29 is 13.5 Å². The third-order valence-corrected chi connectivity index (χ3v) is 3.02. The summed E-state index contributed by atoms with van der Waals surface area (Å²) in [5.74, 6) is -0.820. The molecular formula is C16H18F2N2O. The van der Waals surface area contributed by atoms with Crippen LogP contribution in [-0.4, -0.2) is 13.2 Å². The Morgan fingerprint density at radius 1 is 1.05 bits per heavy atom. The summed E-state index contributed by atoms with van der Waals surface area (Å²) >= 11 is 0. The molecule has 2 aromatic rings. The molecule has 0 spiro atoms. The third kappa shape index (κ3) is 3.24. The standard InChI is InChI=1S/C16H18F2N2O/c1-10(2)21-16-9-15(13(19)8-12(16)18)20(3)14-7-5-4-6-11(14)17/h4-10H,19H2,1-3H3. The first-order valence-corrected chi connectivity index (χ1v) is 6.64. The van der Waals surface area contributed by atoms with Gasteiger partial charge in [-0.15, -0.1) is 0 Å². The SMILES string of the molecule is CC(C)Oc1cc(N(C)c2ccccc2F)c(N)cc1F. The van der Waals surface area contributed by atoms with E-state index in [-0.39, 0.29) is 23.4 Å². The molecule has 5 heteroatoms. The highest BCUT2D eigenvalue weighted by atomic mass is 19.1. The molecule has 0 saturated carbocycles. The Bertz CT molecular complexity index is 644. The predicted octanol–water partition coefficient (Wildman–Crippen LogP) is 4.10. The maximum Gasteiger partial charge on any atom is 0.167 e. The molecule has 0 fully saturated rings. The van der Waals surface area contributed by atoms with Crippen molar-refractivity contribution in [2.75, 3.05) is 17.7 Å². The summed E-state index contributed by atoms with van der Waals surface area (Å²) in [5.41, 5.74) is 6.90. The van der Waals surface area contributed by atoms with E-state index in [0.717, 1.165) is 0 Å². The number of benzene rings is 2. The summed E-state index contributed by atoms with van der Waals surface area (Å²) in [6, 6.07) is 8.98. The summed E-state index contributed by atoms with van der Waals surface area (Å²) in [6.45, 7) is 3.60. The van der Waals surface area contributed by atoms with E-state index in [4.69, 9.17) is 10.5 Å². The fourth-order valence-corrected chi connectivity index (χ4v) is 2.05. The van der Waals surface area contributed by atoms with Crippen LogP contribution in [0.5, 0.6) is 5.75 Å². The molecule has 0 atom stereocenters. The van der Waals surface area contributed by atoms with Gasteiger partial charge in [0.2, 0.25) is 0 Å². The Hall–Kier alpha value is -2.30. The van der Waals surface area contributed by atoms with Crippen LogP contribution < -0.4 is 15.4 Å². The number of anilines is 3. The smallest absolute Gasteiger partial charge is 0.167 e. The third-order valence-electron chi connectivity index (χ3n) is 3.02. The molecule has 21 heavy (non-hydrogen) atoms. The van der Waals surface area contributed by atoms with E-state index in [9.17, 15) is 8.78 Å². The molecule has 112 valence electrons. The number of para-hydroxylation sites is 1. The van der Waals surface area contributed by atoms with Crippen molar-refractivity contribution >= 4 is 17.1 Å². The lowest BCUT2D eigenvalue weighted by atomic mass is 10.2. The van der Waals surface area contributed by atoms with Crippen molar-refractivity contribution in [3.63, 3.8) is 0 Å². The van der Waals surface area contributed by atoms with Gasteiger partial charge < -0.3 is 15.4 Å². The van der Waals surface area contributed by atoms with E-state index in [2.05, 4.69) is 0 Å². The molecule has 0 bridgehead atoms. The van der Waals surface area contributed by atoms with Crippen LogP contribution in [0.3, 0.4) is 0 Å². The van der Waals surface area contributed by atoms with Crippen LogP contribution in [0.25, 0.3) is 0 Å². The Balaban J connectivity index is 2.45. The van der Waals surface area contributed by atoms with E-state index < -0.39 is 5.82 Å². The highest BCUT2D eigenvalue weighted by Gasteiger charge is 2.16. The molecule has 2 rings (SSSR count). The molecule has 0 radical (unpaired) electrons. The number of halogens is 2. The molecular weight excluding hydrogens is 274 g/mol. The molecule has 0 saturated heterocycles. The number of hydrogen-bond donors (Lipinski definition) is 1. The van der Waals surface area contributed by atoms with Crippen LogP contribution in [-0.2, 0) is 0 Å². The minimum atomic E-state index is -0.535. The van der Waals surface area contributed by atoms with E-state index >= 15 is 0 Å². The first-order valence-electron chi connectivity index (χ1n) is 6.64. The first-order chi connectivity index (χ1) is 9.90. The predicted molar refractivity (Wildman–Crippen MR) is 81.0 cm³/mol. The number of nitrogens with two attached hydrogens (primary N) is 1. The minimum absolute atomic E-state index is 0.0948. The number of hydrogen-bond acceptors (Lipinski definition) is 3. The molecule has 0 aromatic heterocycles. The lowest BCUT2D eigenvalue weighted by molar-refractivity contribution is 0.231. The van der Waals surface area contributed by atoms with Gasteiger partial charge >= 0.3 is 0 Å². The van der Waals surface area contributed by atoms with Crippen LogP contribution in [0.1, 0.15) is 13.8 Å². The van der Waals surface area contributed by atoms with Crippen LogP contribution in [0.2, 0.25) is 0 Å². The Kier molecular flexibility index (Phi) is 4.31. The van der Waals surface area contributed by atoms with Gasteiger partial charge in [-0.3, -0.25) is 0 Å². The number of nitrogens with zero attached hydrogens (tertiary/aromatic N) is 1. The lowest BCUT2D eigenvalue weighted by Crippen LogP contribution is -2.14. The summed E-state index contributed by atoms with van der Waals surface area (Å²) in [5, 5.41) is 0. The van der Waals surface area contributed by atoms with Crippen LogP contribution >= 0.6 is 0 Å². The first kappa shape index (κ1) is 15.1. The quantitative estimate of drug-likeness (QED) is 0.862. The average molecular weight is 292 g/mol. The Morgan fingerprint density at radius 2 is 1.71 bits per heavy atom. The fraction of sp³-hybridized carbons (Fsp3) is 0.250. The van der Waals surface area contributed by atoms with E-state index in [1.165, 1.54) is 18.2 Å². The van der Waals surface area contributed by atoms with Gasteiger partial charge in [-0.1, -0.05) is 12.1 Å². The zero-order chi connectivity index (χ0) is 15.6. The Labute approximate surface area is 122 Å². The zero-order valence-corrected chi connectivity index (χ0v) is 12.2. The van der Waals surface area contributed by atoms with Gasteiger partial charge in [-0.2, -0.15) is 0 Å². The van der Waals surface area contributed by atoms with Crippen molar-refractivity contribution in [1.29, 1.82) is 0 Å². The maximum absolute atomic E-state index is 13.9. The van der Waals surface area contributed by atoms with Crippen LogP contribution in [0.4, 0.5) is 25.8 Å². The second-order valence-corrected chi connectivity index (χ2v) is 5.02. The monoisotopic (exact) mass is 292 g/mol. The van der Waals surface area contributed by atoms with E-state index in [1.54, 1.807) is 44.0 Å². The van der Waals surface area contributed by atoms with Gasteiger partial charge in [0, 0.05) is 19.2 Å². The molecule has 2 N–H and O–H groups in total. The molecule has 3 nitrogen and oxygen atoms in total. The van der Waals surface area contributed by atoms with E-state index in [0.29, 0.717) is 11.4 Å². The molecule has 0 aliphatic heterocycles. The summed E-state index contributed by atoms with van der Waals surface area (Å²) in [7, 11) is 1.67. The molecule has 0 aliphatic rings. The number of nitrogen functional groups attached to an aromatic ring is 1.